The van der Waals surface area contributed by atoms with Gasteiger partial charge in [0, 0.05) is 12.6 Å². The molecule has 0 fully saturated rings. The number of halogens is 3. The number of carbonyl (C=O) groups is 1. The summed E-state index contributed by atoms with van der Waals surface area (Å²) < 4.78 is 40.0. The molecule has 1 amide bonds. The Morgan fingerprint density at radius 3 is 1.86 bits per heavy atom. The lowest BCUT2D eigenvalue weighted by molar-refractivity contribution is -0.274. The summed E-state index contributed by atoms with van der Waals surface area (Å²) in [5, 5.41) is 2.51. The minimum Gasteiger partial charge on any atom is -0.406 e. The molecular weight excluding hydrogens is 283 g/mol. The van der Waals surface area contributed by atoms with Gasteiger partial charge in [0.15, 0.2) is 0 Å². The number of ether oxygens (including phenoxy) is 1. The number of nitrogens with one attached hydrogen (secondary N) is 1. The molecule has 0 aliphatic rings. The van der Waals surface area contributed by atoms with Crippen molar-refractivity contribution >= 4 is 5.91 Å². The minimum atomic E-state index is -4.70. The van der Waals surface area contributed by atoms with Crippen LogP contribution in [0.25, 0.3) is 11.1 Å². The van der Waals surface area contributed by atoms with Crippen molar-refractivity contribution in [1.82, 2.24) is 5.32 Å². The zero-order chi connectivity index (χ0) is 15.5. The average molecular weight is 295 g/mol. The zero-order valence-corrected chi connectivity index (χ0v) is 11.1. The van der Waals surface area contributed by atoms with Gasteiger partial charge in [-0.3, -0.25) is 4.79 Å². The molecule has 0 aliphatic heterocycles. The van der Waals surface area contributed by atoms with Crippen molar-refractivity contribution in [3.05, 3.63) is 54.1 Å². The molecule has 2 aromatic rings. The third-order valence-corrected chi connectivity index (χ3v) is 2.80. The lowest BCUT2D eigenvalue weighted by atomic mass is 10.0. The van der Waals surface area contributed by atoms with Crippen LogP contribution >= 0.6 is 0 Å². The summed E-state index contributed by atoms with van der Waals surface area (Å²) in [6, 6.07) is 12.3. The number of amides is 1. The monoisotopic (exact) mass is 295 g/mol. The van der Waals surface area contributed by atoms with E-state index in [1.54, 1.807) is 24.3 Å². The predicted octanol–water partition coefficient (Wildman–Crippen LogP) is 3.61. The molecule has 0 aliphatic carbocycles. The summed E-state index contributed by atoms with van der Waals surface area (Å²) in [5.41, 5.74) is 2.03. The van der Waals surface area contributed by atoms with Crippen LogP contribution in [-0.4, -0.2) is 19.3 Å². The Kier molecular flexibility index (Phi) is 4.16. The maximum absolute atomic E-state index is 12.1. The topological polar surface area (TPSA) is 38.3 Å². The number of hydrogen-bond acceptors (Lipinski definition) is 2. The summed E-state index contributed by atoms with van der Waals surface area (Å²) in [4.78, 5) is 11.4. The van der Waals surface area contributed by atoms with Crippen molar-refractivity contribution in [3.63, 3.8) is 0 Å². The Morgan fingerprint density at radius 1 is 0.952 bits per heavy atom. The van der Waals surface area contributed by atoms with E-state index in [1.807, 2.05) is 0 Å². The number of benzene rings is 2. The van der Waals surface area contributed by atoms with Crippen LogP contribution in [0.5, 0.6) is 5.75 Å². The first kappa shape index (κ1) is 14.9. The van der Waals surface area contributed by atoms with E-state index in [0.29, 0.717) is 5.56 Å². The molecule has 0 bridgehead atoms. The van der Waals surface area contributed by atoms with Gasteiger partial charge in [0.2, 0.25) is 0 Å². The van der Waals surface area contributed by atoms with E-state index in [4.69, 9.17) is 0 Å². The maximum atomic E-state index is 12.1. The Balaban J connectivity index is 2.17. The zero-order valence-electron chi connectivity index (χ0n) is 11.1. The Bertz CT molecular complexity index is 619. The van der Waals surface area contributed by atoms with Crippen molar-refractivity contribution in [1.29, 1.82) is 0 Å². The molecule has 0 radical (unpaired) electrons. The normalized spacial score (nSPS) is 11.0. The highest BCUT2D eigenvalue weighted by Crippen LogP contribution is 2.26. The van der Waals surface area contributed by atoms with Crippen molar-refractivity contribution in [3.8, 4) is 16.9 Å². The average Bonchev–Trinajstić information content (AvgIpc) is 2.46. The molecule has 2 rings (SSSR count). The molecule has 0 spiro atoms. The van der Waals surface area contributed by atoms with Gasteiger partial charge in [-0.25, -0.2) is 0 Å². The van der Waals surface area contributed by atoms with E-state index in [9.17, 15) is 18.0 Å². The molecule has 21 heavy (non-hydrogen) atoms. The summed E-state index contributed by atoms with van der Waals surface area (Å²) in [5.74, 6) is -0.469. The molecule has 0 heterocycles. The van der Waals surface area contributed by atoms with Gasteiger partial charge >= 0.3 is 6.36 Å². The molecule has 2 aromatic carbocycles. The first-order valence-corrected chi connectivity index (χ1v) is 6.07. The molecule has 6 heteroatoms. The summed E-state index contributed by atoms with van der Waals surface area (Å²) >= 11 is 0. The van der Waals surface area contributed by atoms with E-state index in [1.165, 1.54) is 31.3 Å². The van der Waals surface area contributed by atoms with Gasteiger partial charge in [0.05, 0.1) is 0 Å². The smallest absolute Gasteiger partial charge is 0.406 e. The van der Waals surface area contributed by atoms with Gasteiger partial charge in [0.25, 0.3) is 5.91 Å². The lowest BCUT2D eigenvalue weighted by Crippen LogP contribution is -2.17. The summed E-state index contributed by atoms with van der Waals surface area (Å²) in [6.45, 7) is 0. The molecule has 0 saturated carbocycles. The van der Waals surface area contributed by atoms with Crippen LogP contribution in [0.1, 0.15) is 10.4 Å². The fourth-order valence-electron chi connectivity index (χ4n) is 1.81. The lowest BCUT2D eigenvalue weighted by Gasteiger charge is -2.09. The SMILES string of the molecule is CNC(=O)c1ccc(-c2ccc(OC(F)(F)F)cc2)cc1. The number of carbonyl (C=O) groups excluding carboxylic acids is 1. The van der Waals surface area contributed by atoms with Crippen molar-refractivity contribution in [2.45, 2.75) is 6.36 Å². The van der Waals surface area contributed by atoms with Crippen LogP contribution < -0.4 is 10.1 Å². The van der Waals surface area contributed by atoms with Gasteiger partial charge in [-0.15, -0.1) is 13.2 Å². The van der Waals surface area contributed by atoms with Gasteiger partial charge in [-0.1, -0.05) is 24.3 Å². The van der Waals surface area contributed by atoms with E-state index in [0.717, 1.165) is 11.1 Å². The Labute approximate surface area is 119 Å². The van der Waals surface area contributed by atoms with Crippen molar-refractivity contribution in [2.24, 2.45) is 0 Å². The molecular formula is C15H12F3NO2. The second kappa shape index (κ2) is 5.87. The predicted molar refractivity (Wildman–Crippen MR) is 72.0 cm³/mol. The molecule has 0 unspecified atom stereocenters. The number of hydrogen-bond donors (Lipinski definition) is 1. The highest BCUT2D eigenvalue weighted by molar-refractivity contribution is 5.94. The molecule has 110 valence electrons. The number of alkyl halides is 3. The third kappa shape index (κ3) is 3.98. The second-order valence-electron chi connectivity index (χ2n) is 4.23. The van der Waals surface area contributed by atoms with Crippen LogP contribution in [0.4, 0.5) is 13.2 Å². The van der Waals surface area contributed by atoms with Crippen LogP contribution in [0, 0.1) is 0 Å². The van der Waals surface area contributed by atoms with Gasteiger partial charge in [-0.05, 0) is 35.4 Å². The highest BCUT2D eigenvalue weighted by Gasteiger charge is 2.30. The summed E-state index contributed by atoms with van der Waals surface area (Å²) in [6.07, 6.45) is -4.70. The van der Waals surface area contributed by atoms with Crippen LogP contribution in [0.3, 0.4) is 0 Å². The standard InChI is InChI=1S/C15H12F3NO2/c1-19-14(20)12-4-2-10(3-5-12)11-6-8-13(9-7-11)21-15(16,17)18/h2-9H,1H3,(H,19,20). The minimum absolute atomic E-state index is 0.199. The maximum Gasteiger partial charge on any atom is 0.573 e. The van der Waals surface area contributed by atoms with Crippen LogP contribution in [0.15, 0.2) is 48.5 Å². The van der Waals surface area contributed by atoms with E-state index in [2.05, 4.69) is 10.1 Å². The molecule has 0 aromatic heterocycles. The molecule has 0 atom stereocenters. The van der Waals surface area contributed by atoms with E-state index < -0.39 is 6.36 Å². The molecule has 0 saturated heterocycles. The fourth-order valence-corrected chi connectivity index (χ4v) is 1.81. The van der Waals surface area contributed by atoms with Gasteiger partial charge < -0.3 is 10.1 Å². The van der Waals surface area contributed by atoms with E-state index in [-0.39, 0.29) is 11.7 Å². The Hall–Kier alpha value is -2.50. The van der Waals surface area contributed by atoms with Crippen molar-refractivity contribution in [2.75, 3.05) is 7.05 Å². The van der Waals surface area contributed by atoms with Crippen LogP contribution in [0.2, 0.25) is 0 Å². The van der Waals surface area contributed by atoms with Crippen LogP contribution in [-0.2, 0) is 0 Å². The molecule has 1 N–H and O–H groups in total. The van der Waals surface area contributed by atoms with Crippen molar-refractivity contribution < 1.29 is 22.7 Å². The van der Waals surface area contributed by atoms with E-state index >= 15 is 0 Å². The quantitative estimate of drug-likeness (QED) is 0.939. The van der Waals surface area contributed by atoms with Gasteiger partial charge in [0.1, 0.15) is 5.75 Å². The first-order valence-electron chi connectivity index (χ1n) is 6.07. The first-order chi connectivity index (χ1) is 9.89. The second-order valence-corrected chi connectivity index (χ2v) is 4.23. The molecule has 3 nitrogen and oxygen atoms in total. The number of rotatable bonds is 3. The Morgan fingerprint density at radius 2 is 1.43 bits per heavy atom. The third-order valence-electron chi connectivity index (χ3n) is 2.80. The summed E-state index contributed by atoms with van der Waals surface area (Å²) in [7, 11) is 1.54. The van der Waals surface area contributed by atoms with Gasteiger partial charge in [-0.2, -0.15) is 0 Å². The fraction of sp³-hybridized carbons (Fsp3) is 0.133. The largest absolute Gasteiger partial charge is 0.573 e. The highest BCUT2D eigenvalue weighted by atomic mass is 19.4.